The predicted octanol–water partition coefficient (Wildman–Crippen LogP) is 3.00. The van der Waals surface area contributed by atoms with Gasteiger partial charge in [-0.05, 0) is 37.0 Å². The van der Waals surface area contributed by atoms with Crippen molar-refractivity contribution in [3.8, 4) is 0 Å². The molecule has 56 valence electrons. The lowest BCUT2D eigenvalue weighted by Gasteiger charge is -2.41. The zero-order valence-corrected chi connectivity index (χ0v) is 6.55. The van der Waals surface area contributed by atoms with Crippen LogP contribution in [0.5, 0.6) is 0 Å². The van der Waals surface area contributed by atoms with Crippen molar-refractivity contribution in [3.05, 3.63) is 12.7 Å². The summed E-state index contributed by atoms with van der Waals surface area (Å²) in [5.41, 5.74) is 0. The second-order valence-corrected chi connectivity index (χ2v) is 3.92. The minimum atomic E-state index is 0.882. The first-order valence-electron chi connectivity index (χ1n) is 4.52. The van der Waals surface area contributed by atoms with E-state index < -0.39 is 0 Å². The Morgan fingerprint density at radius 3 is 2.10 bits per heavy atom. The summed E-state index contributed by atoms with van der Waals surface area (Å²) in [4.78, 5) is 0. The van der Waals surface area contributed by atoms with E-state index in [2.05, 4.69) is 12.7 Å². The standard InChI is InChI=1S/C10H16/c1-2-9-7-8-3-5-10(9)6-4-8/h2,8-10H,1,3-7H2/t8?,9-,10?/m1/s1. The van der Waals surface area contributed by atoms with Gasteiger partial charge in [0.2, 0.25) is 0 Å². The summed E-state index contributed by atoms with van der Waals surface area (Å²) in [6.45, 7) is 3.90. The molecule has 0 aromatic carbocycles. The molecule has 0 spiro atoms. The van der Waals surface area contributed by atoms with Crippen molar-refractivity contribution in [2.45, 2.75) is 32.1 Å². The summed E-state index contributed by atoms with van der Waals surface area (Å²) in [5, 5.41) is 0. The molecular weight excluding hydrogens is 120 g/mol. The van der Waals surface area contributed by atoms with Crippen molar-refractivity contribution in [1.29, 1.82) is 0 Å². The van der Waals surface area contributed by atoms with Gasteiger partial charge in [-0.25, -0.2) is 0 Å². The molecule has 3 saturated carbocycles. The highest BCUT2D eigenvalue weighted by atomic mass is 14.4. The smallest absolute Gasteiger partial charge is 0.0205 e. The zero-order chi connectivity index (χ0) is 6.97. The highest BCUT2D eigenvalue weighted by Crippen LogP contribution is 2.45. The van der Waals surface area contributed by atoms with E-state index in [1.807, 2.05) is 0 Å². The Morgan fingerprint density at radius 1 is 1.10 bits per heavy atom. The third-order valence-corrected chi connectivity index (χ3v) is 3.41. The predicted molar refractivity (Wildman–Crippen MR) is 43.8 cm³/mol. The Labute approximate surface area is 63.3 Å². The second-order valence-electron chi connectivity index (χ2n) is 3.92. The van der Waals surface area contributed by atoms with Gasteiger partial charge in [-0.3, -0.25) is 0 Å². The number of allylic oxidation sites excluding steroid dienone is 1. The Bertz CT molecular complexity index is 129. The minimum absolute atomic E-state index is 0.882. The molecule has 0 heterocycles. The molecule has 0 aromatic rings. The molecule has 10 heavy (non-hydrogen) atoms. The molecule has 0 N–H and O–H groups in total. The van der Waals surface area contributed by atoms with Crippen LogP contribution in [0.25, 0.3) is 0 Å². The van der Waals surface area contributed by atoms with Gasteiger partial charge < -0.3 is 0 Å². The Morgan fingerprint density at radius 2 is 1.80 bits per heavy atom. The summed E-state index contributed by atoms with van der Waals surface area (Å²) >= 11 is 0. The Kier molecular flexibility index (Phi) is 1.55. The fourth-order valence-electron chi connectivity index (χ4n) is 2.72. The van der Waals surface area contributed by atoms with Gasteiger partial charge in [-0.1, -0.05) is 18.9 Å². The average molecular weight is 136 g/mol. The van der Waals surface area contributed by atoms with Crippen LogP contribution in [0.2, 0.25) is 0 Å². The highest BCUT2D eigenvalue weighted by Gasteiger charge is 2.33. The Hall–Kier alpha value is -0.260. The van der Waals surface area contributed by atoms with Crippen LogP contribution < -0.4 is 0 Å². The van der Waals surface area contributed by atoms with Gasteiger partial charge in [0.1, 0.15) is 0 Å². The van der Waals surface area contributed by atoms with E-state index >= 15 is 0 Å². The zero-order valence-electron chi connectivity index (χ0n) is 6.55. The third-order valence-electron chi connectivity index (χ3n) is 3.41. The van der Waals surface area contributed by atoms with Crippen LogP contribution in [0.15, 0.2) is 12.7 Å². The first-order valence-corrected chi connectivity index (χ1v) is 4.52. The Balaban J connectivity index is 2.07. The monoisotopic (exact) mass is 136 g/mol. The molecule has 0 aromatic heterocycles. The van der Waals surface area contributed by atoms with Gasteiger partial charge in [-0.2, -0.15) is 0 Å². The minimum Gasteiger partial charge on any atom is -0.103 e. The highest BCUT2D eigenvalue weighted by molar-refractivity contribution is 4.94. The van der Waals surface area contributed by atoms with Gasteiger partial charge in [-0.15, -0.1) is 6.58 Å². The van der Waals surface area contributed by atoms with Gasteiger partial charge in [0, 0.05) is 0 Å². The van der Waals surface area contributed by atoms with E-state index in [4.69, 9.17) is 0 Å². The van der Waals surface area contributed by atoms with Crippen LogP contribution in [0.3, 0.4) is 0 Å². The van der Waals surface area contributed by atoms with Crippen LogP contribution in [-0.4, -0.2) is 0 Å². The number of rotatable bonds is 1. The van der Waals surface area contributed by atoms with E-state index in [0.717, 1.165) is 17.8 Å². The SMILES string of the molecule is C=C[C@@H]1CC2CCC1CC2. The van der Waals surface area contributed by atoms with Crippen LogP contribution >= 0.6 is 0 Å². The summed E-state index contributed by atoms with van der Waals surface area (Å²) < 4.78 is 0. The molecule has 0 heteroatoms. The molecule has 0 nitrogen and oxygen atoms in total. The maximum Gasteiger partial charge on any atom is -0.0205 e. The van der Waals surface area contributed by atoms with Gasteiger partial charge in [0.25, 0.3) is 0 Å². The number of hydrogen-bond acceptors (Lipinski definition) is 0. The van der Waals surface area contributed by atoms with Crippen LogP contribution in [0, 0.1) is 17.8 Å². The van der Waals surface area contributed by atoms with Crippen LogP contribution in [0.1, 0.15) is 32.1 Å². The molecule has 3 aliphatic carbocycles. The summed E-state index contributed by atoms with van der Waals surface area (Å²) in [5.74, 6) is 2.96. The largest absolute Gasteiger partial charge is 0.103 e. The maximum absolute atomic E-state index is 3.90. The van der Waals surface area contributed by atoms with Gasteiger partial charge in [0.15, 0.2) is 0 Å². The fraction of sp³-hybridized carbons (Fsp3) is 0.800. The summed E-state index contributed by atoms with van der Waals surface area (Å²) in [7, 11) is 0. The van der Waals surface area contributed by atoms with E-state index in [0.29, 0.717) is 0 Å². The lowest BCUT2D eigenvalue weighted by Crippen LogP contribution is -2.29. The quantitative estimate of drug-likeness (QED) is 0.486. The first-order chi connectivity index (χ1) is 4.90. The van der Waals surface area contributed by atoms with Crippen LogP contribution in [0.4, 0.5) is 0 Å². The molecule has 2 bridgehead atoms. The molecule has 3 aliphatic rings. The van der Waals surface area contributed by atoms with Gasteiger partial charge in [0.05, 0.1) is 0 Å². The van der Waals surface area contributed by atoms with Crippen molar-refractivity contribution in [1.82, 2.24) is 0 Å². The van der Waals surface area contributed by atoms with Crippen LogP contribution in [-0.2, 0) is 0 Å². The van der Waals surface area contributed by atoms with Crippen molar-refractivity contribution in [3.63, 3.8) is 0 Å². The normalized spacial score (nSPS) is 45.4. The molecule has 3 fully saturated rings. The molecule has 0 amide bonds. The average Bonchev–Trinajstić information content (AvgIpc) is 2.06. The summed E-state index contributed by atoms with van der Waals surface area (Å²) in [6.07, 6.45) is 9.64. The molecule has 0 saturated heterocycles. The molecule has 1 atom stereocenters. The number of fused-ring (bicyclic) bond motifs is 3. The molecule has 3 rings (SSSR count). The molecule has 0 radical (unpaired) electrons. The summed E-state index contributed by atoms with van der Waals surface area (Å²) in [6, 6.07) is 0. The van der Waals surface area contributed by atoms with Crippen molar-refractivity contribution >= 4 is 0 Å². The lowest BCUT2D eigenvalue weighted by molar-refractivity contribution is 0.128. The number of hydrogen-bond donors (Lipinski definition) is 0. The molecule has 0 aliphatic heterocycles. The van der Waals surface area contributed by atoms with Crippen molar-refractivity contribution in [2.24, 2.45) is 17.8 Å². The topological polar surface area (TPSA) is 0 Å². The van der Waals surface area contributed by atoms with E-state index in [-0.39, 0.29) is 0 Å². The van der Waals surface area contributed by atoms with E-state index in [1.54, 1.807) is 0 Å². The molecular formula is C10H16. The fourth-order valence-corrected chi connectivity index (χ4v) is 2.72. The van der Waals surface area contributed by atoms with Crippen molar-refractivity contribution < 1.29 is 0 Å². The maximum atomic E-state index is 3.90. The van der Waals surface area contributed by atoms with E-state index in [9.17, 15) is 0 Å². The lowest BCUT2D eigenvalue weighted by atomic mass is 9.65. The van der Waals surface area contributed by atoms with Crippen molar-refractivity contribution in [2.75, 3.05) is 0 Å². The first kappa shape index (κ1) is 6.45. The van der Waals surface area contributed by atoms with Gasteiger partial charge >= 0.3 is 0 Å². The molecule has 0 unspecified atom stereocenters. The second kappa shape index (κ2) is 2.41. The van der Waals surface area contributed by atoms with E-state index in [1.165, 1.54) is 32.1 Å². The third kappa shape index (κ3) is 0.902.